The van der Waals surface area contributed by atoms with Crippen molar-refractivity contribution in [2.45, 2.75) is 43.8 Å². The van der Waals surface area contributed by atoms with Gasteiger partial charge in [0.25, 0.3) is 0 Å². The average Bonchev–Trinajstić information content (AvgIpc) is 3.28. The Labute approximate surface area is 198 Å². The Morgan fingerprint density at radius 2 is 2.17 bits per heavy atom. The standard InChI is InChI=1S/C22H24F3N5O5/c1-3-5-16-18(14-6-4-7-15(10-14)22(23,24)25)27(8-9-29(16)20(31)32)12-21(2)13-28-11-17(30(33)34)26-19(28)35-21/h3-4,6-7,10-11,16,18H,1,5,8-9,12-13H2,2H3,(H,31,32). The van der Waals surface area contributed by atoms with Crippen LogP contribution in [0.3, 0.4) is 0 Å². The number of nitrogens with zero attached hydrogens (tertiary/aromatic N) is 5. The van der Waals surface area contributed by atoms with Gasteiger partial charge in [-0.05, 0) is 36.0 Å². The van der Waals surface area contributed by atoms with Gasteiger partial charge in [-0.25, -0.2) is 4.79 Å². The lowest BCUT2D eigenvalue weighted by Gasteiger charge is -2.48. The van der Waals surface area contributed by atoms with Crippen molar-refractivity contribution in [3.63, 3.8) is 0 Å². The fraction of sp³-hybridized carbons (Fsp3) is 0.455. The van der Waals surface area contributed by atoms with Gasteiger partial charge in [-0.2, -0.15) is 13.2 Å². The van der Waals surface area contributed by atoms with E-state index in [-0.39, 0.29) is 44.4 Å². The Morgan fingerprint density at radius 3 is 2.77 bits per heavy atom. The topological polar surface area (TPSA) is 114 Å². The Kier molecular flexibility index (Phi) is 6.21. The van der Waals surface area contributed by atoms with Crippen LogP contribution >= 0.6 is 0 Å². The van der Waals surface area contributed by atoms with Crippen LogP contribution in [-0.2, 0) is 12.7 Å². The third-order valence-electron chi connectivity index (χ3n) is 6.29. The number of hydrogen-bond acceptors (Lipinski definition) is 6. The molecule has 3 unspecified atom stereocenters. The molecule has 1 amide bonds. The SMILES string of the molecule is C=CCC1C(c2cccc(C(F)(F)F)c2)N(CC2(C)Cn3cc([N+](=O)[O-])nc3O2)CCN1C(=O)O. The van der Waals surface area contributed by atoms with Crippen molar-refractivity contribution < 1.29 is 32.7 Å². The summed E-state index contributed by atoms with van der Waals surface area (Å²) in [6, 6.07) is 3.59. The van der Waals surface area contributed by atoms with E-state index in [9.17, 15) is 33.2 Å². The first-order valence-corrected chi connectivity index (χ1v) is 10.8. The fourth-order valence-electron chi connectivity index (χ4n) is 4.92. The molecule has 2 aliphatic heterocycles. The van der Waals surface area contributed by atoms with Gasteiger partial charge in [0.15, 0.2) is 0 Å². The largest absolute Gasteiger partial charge is 0.465 e. The highest BCUT2D eigenvalue weighted by Gasteiger charge is 2.46. The minimum atomic E-state index is -4.56. The Bertz CT molecular complexity index is 1130. The molecule has 0 aliphatic carbocycles. The van der Waals surface area contributed by atoms with Gasteiger partial charge in [0.1, 0.15) is 11.8 Å². The normalized spacial score (nSPS) is 24.6. The first kappa shape index (κ1) is 24.5. The Hall–Kier alpha value is -3.61. The summed E-state index contributed by atoms with van der Waals surface area (Å²) in [6.07, 6.45) is -2.67. The van der Waals surface area contributed by atoms with Gasteiger partial charge in [-0.15, -0.1) is 6.58 Å². The first-order chi connectivity index (χ1) is 16.4. The second-order valence-electron chi connectivity index (χ2n) is 8.92. The van der Waals surface area contributed by atoms with Crippen molar-refractivity contribution in [1.29, 1.82) is 0 Å². The number of ether oxygens (including phenoxy) is 1. The highest BCUT2D eigenvalue weighted by molar-refractivity contribution is 5.66. The zero-order valence-electron chi connectivity index (χ0n) is 18.8. The maximum Gasteiger partial charge on any atom is 0.416 e. The minimum absolute atomic E-state index is 0.0848. The second-order valence-corrected chi connectivity index (χ2v) is 8.92. The smallest absolute Gasteiger partial charge is 0.416 e. The van der Waals surface area contributed by atoms with Gasteiger partial charge in [-0.1, -0.05) is 18.2 Å². The lowest BCUT2D eigenvalue weighted by atomic mass is 9.89. The number of carbonyl (C=O) groups is 1. The summed E-state index contributed by atoms with van der Waals surface area (Å²) in [5, 5.41) is 20.8. The summed E-state index contributed by atoms with van der Waals surface area (Å²) < 4.78 is 47.8. The van der Waals surface area contributed by atoms with E-state index in [4.69, 9.17) is 4.74 Å². The maximum atomic E-state index is 13.5. The Morgan fingerprint density at radius 1 is 1.43 bits per heavy atom. The second kappa shape index (κ2) is 8.87. The summed E-state index contributed by atoms with van der Waals surface area (Å²) >= 11 is 0. The third kappa shape index (κ3) is 4.81. The predicted octanol–water partition coefficient (Wildman–Crippen LogP) is 3.94. The van der Waals surface area contributed by atoms with Gasteiger partial charge in [0.2, 0.25) is 0 Å². The van der Waals surface area contributed by atoms with Crippen molar-refractivity contribution >= 4 is 11.9 Å². The van der Waals surface area contributed by atoms with E-state index in [1.54, 1.807) is 19.1 Å². The van der Waals surface area contributed by atoms with Crippen molar-refractivity contribution in [2.24, 2.45) is 0 Å². The quantitative estimate of drug-likeness (QED) is 0.367. The predicted molar refractivity (Wildman–Crippen MR) is 117 cm³/mol. The monoisotopic (exact) mass is 495 g/mol. The molecule has 35 heavy (non-hydrogen) atoms. The number of aromatic nitrogens is 2. The summed E-state index contributed by atoms with van der Waals surface area (Å²) in [4.78, 5) is 29.3. The number of carboxylic acid groups (broad SMARTS) is 1. The summed E-state index contributed by atoms with van der Waals surface area (Å²) in [7, 11) is 0. The number of alkyl halides is 3. The molecular formula is C22H24F3N5O5. The maximum absolute atomic E-state index is 13.5. The molecule has 1 aromatic heterocycles. The van der Waals surface area contributed by atoms with Crippen molar-refractivity contribution in [2.75, 3.05) is 19.6 Å². The molecule has 0 bridgehead atoms. The van der Waals surface area contributed by atoms with Crippen molar-refractivity contribution in [3.8, 4) is 6.01 Å². The first-order valence-electron chi connectivity index (χ1n) is 10.8. The number of fused-ring (bicyclic) bond motifs is 1. The highest BCUT2D eigenvalue weighted by atomic mass is 19.4. The zero-order chi connectivity index (χ0) is 25.5. The number of benzene rings is 1. The van der Waals surface area contributed by atoms with E-state index in [1.165, 1.54) is 21.7 Å². The van der Waals surface area contributed by atoms with Gasteiger partial charge < -0.3 is 24.9 Å². The molecule has 3 heterocycles. The third-order valence-corrected chi connectivity index (χ3v) is 6.29. The summed E-state index contributed by atoms with van der Waals surface area (Å²) in [5.41, 5.74) is -1.38. The molecule has 2 aromatic rings. The van der Waals surface area contributed by atoms with E-state index < -0.39 is 40.4 Å². The zero-order valence-corrected chi connectivity index (χ0v) is 18.8. The molecule has 1 N–H and O–H groups in total. The molecule has 1 saturated heterocycles. The highest BCUT2D eigenvalue weighted by Crippen LogP contribution is 2.39. The molecule has 0 spiro atoms. The average molecular weight is 495 g/mol. The minimum Gasteiger partial charge on any atom is -0.465 e. The van der Waals surface area contributed by atoms with Gasteiger partial charge in [0, 0.05) is 24.6 Å². The number of halogens is 3. The van der Waals surface area contributed by atoms with Gasteiger partial charge in [0.05, 0.1) is 24.2 Å². The van der Waals surface area contributed by atoms with Crippen LogP contribution in [0.25, 0.3) is 0 Å². The summed E-state index contributed by atoms with van der Waals surface area (Å²) in [5.74, 6) is -0.343. The molecule has 0 radical (unpaired) electrons. The number of piperazine rings is 1. The van der Waals surface area contributed by atoms with Crippen LogP contribution in [0.4, 0.5) is 23.8 Å². The molecule has 1 fully saturated rings. The van der Waals surface area contributed by atoms with Crippen molar-refractivity contribution in [3.05, 3.63) is 64.4 Å². The molecule has 188 valence electrons. The molecule has 2 aliphatic rings. The number of amides is 1. The van der Waals surface area contributed by atoms with E-state index in [1.807, 2.05) is 4.90 Å². The number of nitro groups is 1. The van der Waals surface area contributed by atoms with Gasteiger partial charge >= 0.3 is 24.1 Å². The molecule has 4 rings (SSSR count). The fourth-order valence-corrected chi connectivity index (χ4v) is 4.92. The molecule has 1 aromatic carbocycles. The van der Waals surface area contributed by atoms with E-state index in [0.29, 0.717) is 5.56 Å². The van der Waals surface area contributed by atoms with Crippen LogP contribution in [0.5, 0.6) is 6.01 Å². The van der Waals surface area contributed by atoms with E-state index >= 15 is 0 Å². The van der Waals surface area contributed by atoms with E-state index in [2.05, 4.69) is 11.6 Å². The van der Waals surface area contributed by atoms with Crippen LogP contribution in [0, 0.1) is 10.1 Å². The summed E-state index contributed by atoms with van der Waals surface area (Å²) in [6.45, 7) is 6.36. The van der Waals surface area contributed by atoms with Crippen LogP contribution in [0.15, 0.2) is 43.1 Å². The number of imidazole rings is 1. The van der Waals surface area contributed by atoms with Crippen LogP contribution < -0.4 is 4.74 Å². The van der Waals surface area contributed by atoms with Crippen LogP contribution in [-0.4, -0.2) is 66.8 Å². The molecule has 10 nitrogen and oxygen atoms in total. The molecule has 3 atom stereocenters. The molecule has 0 saturated carbocycles. The van der Waals surface area contributed by atoms with Gasteiger partial charge in [-0.3, -0.25) is 9.47 Å². The Balaban J connectivity index is 1.68. The van der Waals surface area contributed by atoms with Crippen LogP contribution in [0.1, 0.15) is 30.5 Å². The van der Waals surface area contributed by atoms with Crippen LogP contribution in [0.2, 0.25) is 0 Å². The lowest BCUT2D eigenvalue weighted by Crippen LogP contribution is -2.59. The molecular weight excluding hydrogens is 471 g/mol. The lowest BCUT2D eigenvalue weighted by molar-refractivity contribution is -0.389. The number of hydrogen-bond donors (Lipinski definition) is 1. The van der Waals surface area contributed by atoms with Crippen molar-refractivity contribution in [1.82, 2.24) is 19.4 Å². The van der Waals surface area contributed by atoms with E-state index in [0.717, 1.165) is 12.1 Å². The molecule has 13 heteroatoms. The number of rotatable bonds is 6.